The van der Waals surface area contributed by atoms with E-state index in [0.717, 1.165) is 37.1 Å². The summed E-state index contributed by atoms with van der Waals surface area (Å²) in [5.74, 6) is 0.820. The Bertz CT molecular complexity index is 357. The van der Waals surface area contributed by atoms with E-state index < -0.39 is 0 Å². The maximum absolute atomic E-state index is 9.79. The van der Waals surface area contributed by atoms with Gasteiger partial charge in [-0.1, -0.05) is 0 Å². The molecule has 0 atom stereocenters. The van der Waals surface area contributed by atoms with Gasteiger partial charge in [0, 0.05) is 6.07 Å². The van der Waals surface area contributed by atoms with Crippen molar-refractivity contribution in [1.82, 2.24) is 5.32 Å². The Morgan fingerprint density at radius 1 is 1.13 bits per heavy atom. The molecule has 82 valence electrons. The Morgan fingerprint density at radius 2 is 1.80 bits per heavy atom. The Morgan fingerprint density at radius 3 is 2.47 bits per heavy atom. The monoisotopic (exact) mass is 207 g/mol. The molecule has 3 heteroatoms. The first-order valence-corrected chi connectivity index (χ1v) is 5.41. The minimum atomic E-state index is 0.171. The van der Waals surface area contributed by atoms with Crippen LogP contribution in [0.15, 0.2) is 12.1 Å². The Labute approximate surface area is 89.8 Å². The molecule has 1 aliphatic heterocycles. The van der Waals surface area contributed by atoms with E-state index in [0.29, 0.717) is 5.92 Å². The van der Waals surface area contributed by atoms with Crippen LogP contribution in [0.25, 0.3) is 0 Å². The number of phenolic OH excluding ortho intramolecular Hbond substituents is 2. The summed E-state index contributed by atoms with van der Waals surface area (Å²) in [6.45, 7) is 3.87. The van der Waals surface area contributed by atoms with Crippen molar-refractivity contribution in [2.45, 2.75) is 25.7 Å². The van der Waals surface area contributed by atoms with Crippen LogP contribution >= 0.6 is 0 Å². The number of hydrogen-bond donors (Lipinski definition) is 3. The number of hydrogen-bond acceptors (Lipinski definition) is 3. The van der Waals surface area contributed by atoms with Crippen LogP contribution in [-0.2, 0) is 0 Å². The molecule has 1 saturated heterocycles. The molecule has 3 N–H and O–H groups in total. The summed E-state index contributed by atoms with van der Waals surface area (Å²) in [6, 6.07) is 3.35. The summed E-state index contributed by atoms with van der Waals surface area (Å²) >= 11 is 0. The van der Waals surface area contributed by atoms with E-state index >= 15 is 0 Å². The number of aryl methyl sites for hydroxylation is 1. The van der Waals surface area contributed by atoms with Crippen molar-refractivity contribution in [1.29, 1.82) is 0 Å². The lowest BCUT2D eigenvalue weighted by Gasteiger charge is -2.24. The van der Waals surface area contributed by atoms with Gasteiger partial charge in [-0.15, -0.1) is 0 Å². The predicted molar refractivity (Wildman–Crippen MR) is 59.4 cm³/mol. The Kier molecular flexibility index (Phi) is 2.82. The van der Waals surface area contributed by atoms with Crippen LogP contribution in [0.3, 0.4) is 0 Å². The van der Waals surface area contributed by atoms with Gasteiger partial charge in [-0.3, -0.25) is 0 Å². The SMILES string of the molecule is Cc1cc(C2CCNCC2)c(O)cc1O. The van der Waals surface area contributed by atoms with Gasteiger partial charge in [0.05, 0.1) is 0 Å². The van der Waals surface area contributed by atoms with Crippen molar-refractivity contribution >= 4 is 0 Å². The second kappa shape index (κ2) is 4.11. The standard InChI is InChI=1S/C12H17NO2/c1-8-6-10(12(15)7-11(8)14)9-2-4-13-5-3-9/h6-7,9,13-15H,2-5H2,1H3. The molecular formula is C12H17NO2. The first-order chi connectivity index (χ1) is 7.18. The summed E-state index contributed by atoms with van der Waals surface area (Å²) in [5, 5.41) is 22.5. The molecule has 1 aromatic carbocycles. The first kappa shape index (κ1) is 10.3. The summed E-state index contributed by atoms with van der Waals surface area (Å²) < 4.78 is 0. The lowest BCUT2D eigenvalue weighted by Crippen LogP contribution is -2.26. The van der Waals surface area contributed by atoms with Crippen molar-refractivity contribution in [2.75, 3.05) is 13.1 Å². The number of piperidine rings is 1. The van der Waals surface area contributed by atoms with E-state index in [1.165, 1.54) is 6.07 Å². The summed E-state index contributed by atoms with van der Waals surface area (Å²) in [7, 11) is 0. The van der Waals surface area contributed by atoms with E-state index in [2.05, 4.69) is 5.32 Å². The predicted octanol–water partition coefficient (Wildman–Crippen LogP) is 1.87. The van der Waals surface area contributed by atoms with Crippen LogP contribution in [0.1, 0.15) is 29.9 Å². The van der Waals surface area contributed by atoms with E-state index in [-0.39, 0.29) is 11.5 Å². The largest absolute Gasteiger partial charge is 0.508 e. The molecule has 0 aliphatic carbocycles. The van der Waals surface area contributed by atoms with Crippen molar-refractivity contribution in [3.8, 4) is 11.5 Å². The lowest BCUT2D eigenvalue weighted by molar-refractivity contribution is 0.416. The Balaban J connectivity index is 2.30. The fraction of sp³-hybridized carbons (Fsp3) is 0.500. The van der Waals surface area contributed by atoms with Crippen LogP contribution in [0.4, 0.5) is 0 Å². The third-order valence-corrected chi connectivity index (χ3v) is 3.12. The molecule has 1 aliphatic rings. The average molecular weight is 207 g/mol. The van der Waals surface area contributed by atoms with Crippen LogP contribution in [0.5, 0.6) is 11.5 Å². The molecule has 0 bridgehead atoms. The topological polar surface area (TPSA) is 52.5 Å². The van der Waals surface area contributed by atoms with Crippen molar-refractivity contribution in [3.05, 3.63) is 23.3 Å². The zero-order valence-corrected chi connectivity index (χ0v) is 8.95. The van der Waals surface area contributed by atoms with Crippen molar-refractivity contribution < 1.29 is 10.2 Å². The van der Waals surface area contributed by atoms with Gasteiger partial charge < -0.3 is 15.5 Å². The molecule has 0 unspecified atom stereocenters. The third-order valence-electron chi connectivity index (χ3n) is 3.12. The van der Waals surface area contributed by atoms with Gasteiger partial charge in [0.1, 0.15) is 11.5 Å². The number of phenols is 2. The second-order valence-electron chi connectivity index (χ2n) is 4.22. The number of aromatic hydroxyl groups is 2. The van der Waals surface area contributed by atoms with Gasteiger partial charge in [0.25, 0.3) is 0 Å². The third kappa shape index (κ3) is 2.07. The highest BCUT2D eigenvalue weighted by molar-refractivity contribution is 5.46. The van der Waals surface area contributed by atoms with Gasteiger partial charge in [-0.05, 0) is 56.0 Å². The van der Waals surface area contributed by atoms with Gasteiger partial charge in [-0.2, -0.15) is 0 Å². The van der Waals surface area contributed by atoms with E-state index in [9.17, 15) is 10.2 Å². The van der Waals surface area contributed by atoms with Crippen LogP contribution < -0.4 is 5.32 Å². The van der Waals surface area contributed by atoms with E-state index in [4.69, 9.17) is 0 Å². The normalized spacial score (nSPS) is 17.9. The molecule has 0 saturated carbocycles. The molecule has 0 spiro atoms. The van der Waals surface area contributed by atoms with Gasteiger partial charge in [0.2, 0.25) is 0 Å². The first-order valence-electron chi connectivity index (χ1n) is 5.41. The minimum absolute atomic E-state index is 0.171. The number of nitrogens with one attached hydrogen (secondary N) is 1. The quantitative estimate of drug-likeness (QED) is 0.659. The summed E-state index contributed by atoms with van der Waals surface area (Å²) in [5.41, 5.74) is 1.81. The molecule has 1 heterocycles. The molecular weight excluding hydrogens is 190 g/mol. The molecule has 15 heavy (non-hydrogen) atoms. The van der Waals surface area contributed by atoms with Gasteiger partial charge in [0.15, 0.2) is 0 Å². The molecule has 0 radical (unpaired) electrons. The fourth-order valence-corrected chi connectivity index (χ4v) is 2.17. The smallest absolute Gasteiger partial charge is 0.122 e. The molecule has 0 aromatic heterocycles. The maximum Gasteiger partial charge on any atom is 0.122 e. The van der Waals surface area contributed by atoms with Crippen LogP contribution in [-0.4, -0.2) is 23.3 Å². The molecule has 1 fully saturated rings. The van der Waals surface area contributed by atoms with Crippen molar-refractivity contribution in [3.63, 3.8) is 0 Å². The number of rotatable bonds is 1. The minimum Gasteiger partial charge on any atom is -0.508 e. The average Bonchev–Trinajstić information content (AvgIpc) is 2.25. The highest BCUT2D eigenvalue weighted by Crippen LogP contribution is 2.35. The highest BCUT2D eigenvalue weighted by atomic mass is 16.3. The second-order valence-corrected chi connectivity index (χ2v) is 4.22. The molecule has 0 amide bonds. The zero-order valence-electron chi connectivity index (χ0n) is 8.95. The van der Waals surface area contributed by atoms with E-state index in [1.807, 2.05) is 13.0 Å². The molecule has 3 nitrogen and oxygen atoms in total. The summed E-state index contributed by atoms with van der Waals surface area (Å²) in [6.07, 6.45) is 2.11. The number of benzene rings is 1. The highest BCUT2D eigenvalue weighted by Gasteiger charge is 2.19. The van der Waals surface area contributed by atoms with E-state index in [1.54, 1.807) is 0 Å². The van der Waals surface area contributed by atoms with Gasteiger partial charge >= 0.3 is 0 Å². The Hall–Kier alpha value is -1.22. The maximum atomic E-state index is 9.79. The lowest BCUT2D eigenvalue weighted by atomic mass is 9.88. The fourth-order valence-electron chi connectivity index (χ4n) is 2.17. The molecule has 2 rings (SSSR count). The zero-order chi connectivity index (χ0) is 10.8. The van der Waals surface area contributed by atoms with Crippen LogP contribution in [0.2, 0.25) is 0 Å². The summed E-state index contributed by atoms with van der Waals surface area (Å²) in [4.78, 5) is 0. The van der Waals surface area contributed by atoms with Gasteiger partial charge in [-0.25, -0.2) is 0 Å². The van der Waals surface area contributed by atoms with Crippen molar-refractivity contribution in [2.24, 2.45) is 0 Å². The van der Waals surface area contributed by atoms with Crippen LogP contribution in [0, 0.1) is 6.92 Å². The molecule has 1 aromatic rings.